The van der Waals surface area contributed by atoms with Crippen LogP contribution >= 0.6 is 0 Å². The molecule has 0 aliphatic heterocycles. The Kier molecular flexibility index (Phi) is 5.67. The van der Waals surface area contributed by atoms with Crippen molar-refractivity contribution in [3.05, 3.63) is 11.8 Å². The second-order valence-corrected chi connectivity index (χ2v) is 6.32. The second kappa shape index (κ2) is 6.58. The number of hydrogen-bond donors (Lipinski definition) is 1. The van der Waals surface area contributed by atoms with Crippen LogP contribution in [0.1, 0.15) is 60.3 Å². The highest BCUT2D eigenvalue weighted by Gasteiger charge is 2.34. The third-order valence-corrected chi connectivity index (χ3v) is 2.84. The van der Waals surface area contributed by atoms with Crippen LogP contribution in [0.15, 0.2) is 11.8 Å². The topological polar surface area (TPSA) is 44.5 Å². The van der Waals surface area contributed by atoms with E-state index in [4.69, 9.17) is 15.2 Å². The van der Waals surface area contributed by atoms with E-state index in [2.05, 4.69) is 33.8 Å². The van der Waals surface area contributed by atoms with Crippen LogP contribution < -0.4 is 5.73 Å². The van der Waals surface area contributed by atoms with E-state index in [1.54, 1.807) is 0 Å². The normalized spacial score (nSPS) is 26.7. The van der Waals surface area contributed by atoms with E-state index in [-0.39, 0.29) is 11.6 Å². The lowest BCUT2D eigenvalue weighted by molar-refractivity contribution is -0.138. The molecule has 0 aromatic heterocycles. The van der Waals surface area contributed by atoms with Crippen molar-refractivity contribution in [2.75, 3.05) is 0 Å². The smallest absolute Gasteiger partial charge is 0.103 e. The molecule has 1 aliphatic carbocycles. The number of rotatable bonds is 6. The van der Waals surface area contributed by atoms with Gasteiger partial charge in [-0.15, -0.1) is 0 Å². The van der Waals surface area contributed by atoms with Crippen molar-refractivity contribution in [1.29, 1.82) is 0 Å². The molecular formula is C15H29NO2. The molecule has 1 atom stereocenters. The Morgan fingerprint density at radius 3 is 2.39 bits per heavy atom. The predicted octanol–water partition coefficient (Wildman–Crippen LogP) is 3.38. The molecule has 0 saturated heterocycles. The zero-order valence-corrected chi connectivity index (χ0v) is 12.5. The van der Waals surface area contributed by atoms with Gasteiger partial charge in [0, 0.05) is 25.3 Å². The van der Waals surface area contributed by atoms with Crippen LogP contribution in [0, 0.1) is 0 Å². The first-order chi connectivity index (χ1) is 8.30. The van der Waals surface area contributed by atoms with Gasteiger partial charge in [0.25, 0.3) is 0 Å². The Balaban J connectivity index is 2.30. The van der Waals surface area contributed by atoms with Crippen molar-refractivity contribution >= 4 is 0 Å². The van der Waals surface area contributed by atoms with E-state index < -0.39 is 0 Å². The minimum absolute atomic E-state index is 0.0521. The first kappa shape index (κ1) is 15.5. The van der Waals surface area contributed by atoms with Gasteiger partial charge < -0.3 is 15.2 Å². The molecule has 1 unspecified atom stereocenters. The van der Waals surface area contributed by atoms with Gasteiger partial charge in [-0.2, -0.15) is 0 Å². The zero-order valence-electron chi connectivity index (χ0n) is 12.5. The standard InChI is InChI=1S/C15H29NO2/c1-6-7-12(8-11(2)16)17-13-9-14(10-13)18-15(3,4)5/h7,11,13-14H,6,8-10,16H2,1-5H3/b12-7+/t11?,13-,14+. The van der Waals surface area contributed by atoms with Crippen molar-refractivity contribution in [2.45, 2.75) is 84.2 Å². The predicted molar refractivity (Wildman–Crippen MR) is 75.4 cm³/mol. The van der Waals surface area contributed by atoms with E-state index in [1.165, 1.54) is 0 Å². The van der Waals surface area contributed by atoms with E-state index in [9.17, 15) is 0 Å². The Morgan fingerprint density at radius 1 is 1.33 bits per heavy atom. The molecule has 3 nitrogen and oxygen atoms in total. The average Bonchev–Trinajstić information content (AvgIpc) is 2.11. The van der Waals surface area contributed by atoms with E-state index >= 15 is 0 Å². The number of ether oxygens (including phenoxy) is 2. The third-order valence-electron chi connectivity index (χ3n) is 2.84. The molecule has 0 radical (unpaired) electrons. The summed E-state index contributed by atoms with van der Waals surface area (Å²) in [6.45, 7) is 10.4. The highest BCUT2D eigenvalue weighted by Crippen LogP contribution is 2.31. The SMILES string of the molecule is CC/C=C(\CC(C)N)O[C@H]1C[C@@H](OC(C)(C)C)C1. The summed E-state index contributed by atoms with van der Waals surface area (Å²) in [5, 5.41) is 0. The molecule has 0 aromatic carbocycles. The third kappa shape index (κ3) is 5.87. The van der Waals surface area contributed by atoms with Crippen molar-refractivity contribution in [1.82, 2.24) is 0 Å². The highest BCUT2D eigenvalue weighted by atomic mass is 16.5. The monoisotopic (exact) mass is 255 g/mol. The van der Waals surface area contributed by atoms with Gasteiger partial charge in [-0.3, -0.25) is 0 Å². The Bertz CT molecular complexity index is 273. The maximum Gasteiger partial charge on any atom is 0.103 e. The molecule has 0 bridgehead atoms. The van der Waals surface area contributed by atoms with Gasteiger partial charge in [0.1, 0.15) is 6.10 Å². The van der Waals surface area contributed by atoms with Gasteiger partial charge in [0.2, 0.25) is 0 Å². The van der Waals surface area contributed by atoms with Crippen LogP contribution in [-0.2, 0) is 9.47 Å². The second-order valence-electron chi connectivity index (χ2n) is 6.32. The summed E-state index contributed by atoms with van der Waals surface area (Å²) in [7, 11) is 0. The molecule has 1 rings (SSSR count). The van der Waals surface area contributed by atoms with Gasteiger partial charge in [-0.1, -0.05) is 6.92 Å². The van der Waals surface area contributed by atoms with Crippen LogP contribution in [0.3, 0.4) is 0 Å². The van der Waals surface area contributed by atoms with Crippen LogP contribution in [0.4, 0.5) is 0 Å². The zero-order chi connectivity index (χ0) is 13.8. The van der Waals surface area contributed by atoms with Crippen molar-refractivity contribution in [3.8, 4) is 0 Å². The summed E-state index contributed by atoms with van der Waals surface area (Å²) < 4.78 is 11.9. The molecule has 1 fully saturated rings. The summed E-state index contributed by atoms with van der Waals surface area (Å²) in [4.78, 5) is 0. The minimum Gasteiger partial charge on any atom is -0.495 e. The van der Waals surface area contributed by atoms with E-state index in [0.717, 1.165) is 31.4 Å². The lowest BCUT2D eigenvalue weighted by atomic mass is 9.91. The molecule has 106 valence electrons. The summed E-state index contributed by atoms with van der Waals surface area (Å²) in [6, 6.07) is 0.157. The van der Waals surface area contributed by atoms with Crippen molar-refractivity contribution in [2.24, 2.45) is 5.73 Å². The molecule has 0 heterocycles. The quantitative estimate of drug-likeness (QED) is 0.740. The van der Waals surface area contributed by atoms with Crippen LogP contribution in [0.25, 0.3) is 0 Å². The lowest BCUT2D eigenvalue weighted by Gasteiger charge is -2.39. The van der Waals surface area contributed by atoms with Gasteiger partial charge in [-0.05, 0) is 40.2 Å². The molecule has 1 aliphatic rings. The summed E-state index contributed by atoms with van der Waals surface area (Å²) in [6.07, 6.45) is 6.63. The molecule has 3 heteroatoms. The summed E-state index contributed by atoms with van der Waals surface area (Å²) in [5.41, 5.74) is 5.77. The summed E-state index contributed by atoms with van der Waals surface area (Å²) >= 11 is 0. The maximum absolute atomic E-state index is 5.98. The van der Waals surface area contributed by atoms with E-state index in [1.807, 2.05) is 6.92 Å². The fraction of sp³-hybridized carbons (Fsp3) is 0.867. The number of hydrogen-bond acceptors (Lipinski definition) is 3. The van der Waals surface area contributed by atoms with Crippen LogP contribution in [0.2, 0.25) is 0 Å². The average molecular weight is 255 g/mol. The summed E-state index contributed by atoms with van der Waals surface area (Å²) in [5.74, 6) is 1.05. The molecular weight excluding hydrogens is 226 g/mol. The molecule has 2 N–H and O–H groups in total. The minimum atomic E-state index is -0.0521. The first-order valence-corrected chi connectivity index (χ1v) is 7.09. The maximum atomic E-state index is 5.98. The molecule has 0 aromatic rings. The van der Waals surface area contributed by atoms with Crippen molar-refractivity contribution < 1.29 is 9.47 Å². The highest BCUT2D eigenvalue weighted by molar-refractivity contribution is 4.98. The molecule has 1 saturated carbocycles. The largest absolute Gasteiger partial charge is 0.495 e. The van der Waals surface area contributed by atoms with Gasteiger partial charge in [-0.25, -0.2) is 0 Å². The lowest BCUT2D eigenvalue weighted by Crippen LogP contribution is -2.41. The van der Waals surface area contributed by atoms with Crippen molar-refractivity contribution in [3.63, 3.8) is 0 Å². The van der Waals surface area contributed by atoms with Gasteiger partial charge in [0.05, 0.1) is 17.5 Å². The van der Waals surface area contributed by atoms with E-state index in [0.29, 0.717) is 12.2 Å². The van der Waals surface area contributed by atoms with Gasteiger partial charge in [0.15, 0.2) is 0 Å². The Labute approximate surface area is 112 Å². The molecule has 18 heavy (non-hydrogen) atoms. The Morgan fingerprint density at radius 2 is 1.94 bits per heavy atom. The molecule has 0 amide bonds. The van der Waals surface area contributed by atoms with Crippen LogP contribution in [0.5, 0.6) is 0 Å². The van der Waals surface area contributed by atoms with Gasteiger partial charge >= 0.3 is 0 Å². The fourth-order valence-electron chi connectivity index (χ4n) is 2.15. The first-order valence-electron chi connectivity index (χ1n) is 7.09. The fourth-order valence-corrected chi connectivity index (χ4v) is 2.15. The number of nitrogens with two attached hydrogens (primary N) is 1. The van der Waals surface area contributed by atoms with Crippen LogP contribution in [-0.4, -0.2) is 23.9 Å². The number of allylic oxidation sites excluding steroid dienone is 1. The Hall–Kier alpha value is -0.540. The molecule has 0 spiro atoms.